The smallest absolute Gasteiger partial charge is 0.417 e. The number of carbonyl (C=O) groups is 1. The quantitative estimate of drug-likeness (QED) is 0.529. The highest BCUT2D eigenvalue weighted by Crippen LogP contribution is 2.37. The molecule has 8 heteroatoms. The Morgan fingerprint density at radius 1 is 1.33 bits per heavy atom. The SMILES string of the molecule is CCOC(=O)[C@H](C)Sc1nc(Cc2ccccc2)cc(C(F)(F)F)c1C#N. The Labute approximate surface area is 159 Å². The van der Waals surface area contributed by atoms with Gasteiger partial charge < -0.3 is 4.74 Å². The third-order valence-corrected chi connectivity index (χ3v) is 4.66. The zero-order valence-electron chi connectivity index (χ0n) is 14.7. The summed E-state index contributed by atoms with van der Waals surface area (Å²) in [5.41, 5.74) is -0.673. The monoisotopic (exact) mass is 394 g/mol. The van der Waals surface area contributed by atoms with Crippen molar-refractivity contribution in [3.05, 3.63) is 58.8 Å². The molecule has 0 unspecified atom stereocenters. The van der Waals surface area contributed by atoms with Crippen LogP contribution in [0.4, 0.5) is 13.2 Å². The molecule has 0 N–H and O–H groups in total. The summed E-state index contributed by atoms with van der Waals surface area (Å²) in [6, 6.07) is 11.4. The van der Waals surface area contributed by atoms with Crippen molar-refractivity contribution in [3.63, 3.8) is 0 Å². The highest BCUT2D eigenvalue weighted by atomic mass is 32.2. The van der Waals surface area contributed by atoms with Gasteiger partial charge in [0.2, 0.25) is 0 Å². The van der Waals surface area contributed by atoms with Gasteiger partial charge in [0.1, 0.15) is 16.3 Å². The summed E-state index contributed by atoms with van der Waals surface area (Å²) in [4.78, 5) is 16.1. The van der Waals surface area contributed by atoms with Crippen molar-refractivity contribution >= 4 is 17.7 Å². The Bertz CT molecular complexity index is 849. The Kier molecular flexibility index (Phi) is 6.86. The number of hydrogen-bond acceptors (Lipinski definition) is 5. The maximum absolute atomic E-state index is 13.5. The Morgan fingerprint density at radius 3 is 2.56 bits per heavy atom. The van der Waals surface area contributed by atoms with E-state index in [-0.39, 0.29) is 23.7 Å². The largest absolute Gasteiger partial charge is 0.465 e. The molecule has 2 aromatic rings. The lowest BCUT2D eigenvalue weighted by Gasteiger charge is -2.16. The van der Waals surface area contributed by atoms with Crippen molar-refractivity contribution in [3.8, 4) is 6.07 Å². The molecule has 1 aromatic heterocycles. The van der Waals surface area contributed by atoms with Gasteiger partial charge in [-0.1, -0.05) is 42.1 Å². The number of pyridine rings is 1. The van der Waals surface area contributed by atoms with E-state index in [0.29, 0.717) is 0 Å². The number of carbonyl (C=O) groups excluding carboxylic acids is 1. The lowest BCUT2D eigenvalue weighted by atomic mass is 10.0. The van der Waals surface area contributed by atoms with Gasteiger partial charge in [-0.2, -0.15) is 18.4 Å². The number of hydrogen-bond donors (Lipinski definition) is 0. The molecule has 0 spiro atoms. The zero-order valence-corrected chi connectivity index (χ0v) is 15.5. The number of benzene rings is 1. The van der Waals surface area contributed by atoms with E-state index >= 15 is 0 Å². The van der Waals surface area contributed by atoms with Gasteiger partial charge in [0.25, 0.3) is 0 Å². The lowest BCUT2D eigenvalue weighted by Crippen LogP contribution is -2.18. The molecule has 0 saturated carbocycles. The van der Waals surface area contributed by atoms with E-state index in [2.05, 4.69) is 4.98 Å². The molecule has 1 aromatic carbocycles. The van der Waals surface area contributed by atoms with E-state index in [9.17, 15) is 23.2 Å². The molecule has 1 heterocycles. The number of thioether (sulfide) groups is 1. The topological polar surface area (TPSA) is 63.0 Å². The van der Waals surface area contributed by atoms with E-state index in [1.165, 1.54) is 6.92 Å². The Morgan fingerprint density at radius 2 is 2.00 bits per heavy atom. The van der Waals surface area contributed by atoms with Crippen LogP contribution >= 0.6 is 11.8 Å². The lowest BCUT2D eigenvalue weighted by molar-refractivity contribution is -0.142. The molecule has 0 bridgehead atoms. The molecular formula is C19H17F3N2O2S. The summed E-state index contributed by atoms with van der Waals surface area (Å²) in [5, 5.41) is 8.36. The van der Waals surface area contributed by atoms with Gasteiger partial charge in [-0.05, 0) is 25.5 Å². The first-order valence-corrected chi connectivity index (χ1v) is 9.02. The fourth-order valence-corrected chi connectivity index (χ4v) is 3.30. The Balaban J connectivity index is 2.48. The number of halogens is 3. The second-order valence-corrected chi connectivity index (χ2v) is 6.95. The average molecular weight is 394 g/mol. The van der Waals surface area contributed by atoms with E-state index in [1.54, 1.807) is 43.3 Å². The van der Waals surface area contributed by atoms with Crippen molar-refractivity contribution in [2.45, 2.75) is 36.7 Å². The third kappa shape index (κ3) is 5.47. The number of nitrogens with zero attached hydrogens (tertiary/aromatic N) is 2. The van der Waals surface area contributed by atoms with Gasteiger partial charge in [-0.3, -0.25) is 4.79 Å². The van der Waals surface area contributed by atoms with Crippen molar-refractivity contribution in [2.24, 2.45) is 0 Å². The molecule has 0 amide bonds. The number of esters is 1. The maximum Gasteiger partial charge on any atom is 0.417 e. The van der Waals surface area contributed by atoms with Crippen LogP contribution in [-0.4, -0.2) is 22.8 Å². The third-order valence-electron chi connectivity index (χ3n) is 3.59. The molecule has 0 fully saturated rings. The number of nitriles is 1. The van der Waals surface area contributed by atoms with Crippen LogP contribution in [0.15, 0.2) is 41.4 Å². The fourth-order valence-electron chi connectivity index (χ4n) is 2.36. The summed E-state index contributed by atoms with van der Waals surface area (Å²) in [6.45, 7) is 3.29. The first kappa shape index (κ1) is 20.8. The van der Waals surface area contributed by atoms with Crippen LogP contribution in [0, 0.1) is 11.3 Å². The minimum Gasteiger partial charge on any atom is -0.465 e. The van der Waals surface area contributed by atoms with Crippen LogP contribution in [-0.2, 0) is 22.1 Å². The average Bonchev–Trinajstić information content (AvgIpc) is 2.61. The highest BCUT2D eigenvalue weighted by molar-refractivity contribution is 8.00. The van der Waals surface area contributed by atoms with Crippen molar-refractivity contribution in [2.75, 3.05) is 6.61 Å². The molecule has 0 saturated heterocycles. The van der Waals surface area contributed by atoms with Crippen molar-refractivity contribution < 1.29 is 22.7 Å². The van der Waals surface area contributed by atoms with Crippen molar-refractivity contribution in [1.82, 2.24) is 4.98 Å². The molecule has 0 radical (unpaired) electrons. The molecule has 2 rings (SSSR count). The fraction of sp³-hybridized carbons (Fsp3) is 0.316. The molecule has 0 aliphatic heterocycles. The van der Waals surface area contributed by atoms with E-state index in [0.717, 1.165) is 23.4 Å². The van der Waals surface area contributed by atoms with Gasteiger partial charge in [0.15, 0.2) is 0 Å². The standard InChI is InChI=1S/C19H17F3N2O2S/c1-3-26-18(25)12(2)27-17-15(11-23)16(19(20,21)22)10-14(24-17)9-13-7-5-4-6-8-13/h4-8,10,12H,3,9H2,1-2H3/t12-/m0/s1. The van der Waals surface area contributed by atoms with Gasteiger partial charge in [0, 0.05) is 12.1 Å². The molecular weight excluding hydrogens is 377 g/mol. The summed E-state index contributed by atoms with van der Waals surface area (Å²) in [5.74, 6) is -0.574. The molecule has 27 heavy (non-hydrogen) atoms. The Hall–Kier alpha value is -2.53. The van der Waals surface area contributed by atoms with Crippen molar-refractivity contribution in [1.29, 1.82) is 5.26 Å². The number of ether oxygens (including phenoxy) is 1. The minimum absolute atomic E-state index is 0.126. The number of aromatic nitrogens is 1. The molecule has 4 nitrogen and oxygen atoms in total. The summed E-state index contributed by atoms with van der Waals surface area (Å²) >= 11 is 0.790. The van der Waals surface area contributed by atoms with Crippen LogP contribution < -0.4 is 0 Å². The van der Waals surface area contributed by atoms with E-state index < -0.39 is 28.5 Å². The summed E-state index contributed by atoms with van der Waals surface area (Å²) < 4.78 is 45.3. The molecule has 142 valence electrons. The first-order chi connectivity index (χ1) is 12.8. The van der Waals surface area contributed by atoms with E-state index in [4.69, 9.17) is 4.74 Å². The number of alkyl halides is 3. The second kappa shape index (κ2) is 8.91. The first-order valence-electron chi connectivity index (χ1n) is 8.14. The predicted molar refractivity (Wildman–Crippen MR) is 95.2 cm³/mol. The van der Waals surface area contributed by atoms with Crippen LogP contribution in [0.25, 0.3) is 0 Å². The van der Waals surface area contributed by atoms with Gasteiger partial charge in [-0.15, -0.1) is 0 Å². The normalized spacial score (nSPS) is 12.3. The van der Waals surface area contributed by atoms with Gasteiger partial charge in [0.05, 0.1) is 17.7 Å². The molecule has 0 aliphatic carbocycles. The highest BCUT2D eigenvalue weighted by Gasteiger charge is 2.36. The summed E-state index contributed by atoms with van der Waals surface area (Å²) in [6.07, 6.45) is -4.53. The zero-order chi connectivity index (χ0) is 20.0. The van der Waals surface area contributed by atoms with Crippen LogP contribution in [0.3, 0.4) is 0 Å². The van der Waals surface area contributed by atoms with Crippen LogP contribution in [0.2, 0.25) is 0 Å². The van der Waals surface area contributed by atoms with Crippen LogP contribution in [0.5, 0.6) is 0 Å². The van der Waals surface area contributed by atoms with Crippen LogP contribution in [0.1, 0.15) is 36.2 Å². The molecule has 1 atom stereocenters. The van der Waals surface area contributed by atoms with E-state index in [1.807, 2.05) is 0 Å². The maximum atomic E-state index is 13.5. The minimum atomic E-state index is -4.71. The predicted octanol–water partition coefficient (Wildman–Crippen LogP) is 4.61. The summed E-state index contributed by atoms with van der Waals surface area (Å²) in [7, 11) is 0. The second-order valence-electron chi connectivity index (χ2n) is 5.63. The number of rotatable bonds is 6. The molecule has 0 aliphatic rings. The van der Waals surface area contributed by atoms with Gasteiger partial charge in [-0.25, -0.2) is 4.98 Å². The van der Waals surface area contributed by atoms with Gasteiger partial charge >= 0.3 is 12.1 Å².